The normalized spacial score (nSPS) is 13.6. The van der Waals surface area contributed by atoms with Gasteiger partial charge in [-0.3, -0.25) is 0 Å². The Morgan fingerprint density at radius 1 is 1.46 bits per heavy atom. The van der Waals surface area contributed by atoms with Crippen LogP contribution in [0.5, 0.6) is 0 Å². The van der Waals surface area contributed by atoms with Gasteiger partial charge in [-0.15, -0.1) is 11.6 Å². The number of fused-ring (bicyclic) bond motifs is 1. The molecule has 28 heavy (non-hydrogen) atoms. The van der Waals surface area contributed by atoms with Gasteiger partial charge < -0.3 is 9.55 Å². The summed E-state index contributed by atoms with van der Waals surface area (Å²) in [6.45, 7) is 3.89. The van der Waals surface area contributed by atoms with E-state index in [-0.39, 0.29) is 15.7 Å². The van der Waals surface area contributed by atoms with Gasteiger partial charge in [-0.25, -0.2) is 13.4 Å². The van der Waals surface area contributed by atoms with E-state index in [0.717, 1.165) is 28.5 Å². The number of aromatic nitrogens is 3. The van der Waals surface area contributed by atoms with E-state index >= 15 is 0 Å². The zero-order valence-electron chi connectivity index (χ0n) is 15.5. The van der Waals surface area contributed by atoms with Gasteiger partial charge in [-0.2, -0.15) is 5.26 Å². The van der Waals surface area contributed by atoms with Gasteiger partial charge in [0.25, 0.3) is 0 Å². The minimum Gasteiger partial charge on any atom is -0.345 e. The van der Waals surface area contributed by atoms with Gasteiger partial charge in [-0.05, 0) is 36.6 Å². The lowest BCUT2D eigenvalue weighted by atomic mass is 9.98. The van der Waals surface area contributed by atoms with Crippen LogP contribution in [0.2, 0.25) is 5.15 Å². The predicted octanol–water partition coefficient (Wildman–Crippen LogP) is 4.89. The molecule has 0 fully saturated rings. The highest BCUT2D eigenvalue weighted by molar-refractivity contribution is 7.95. The first-order chi connectivity index (χ1) is 13.2. The van der Waals surface area contributed by atoms with Crippen LogP contribution in [0.4, 0.5) is 0 Å². The molecule has 146 valence electrons. The van der Waals surface area contributed by atoms with Crippen molar-refractivity contribution in [1.29, 1.82) is 5.26 Å². The van der Waals surface area contributed by atoms with Gasteiger partial charge in [0.1, 0.15) is 11.2 Å². The number of hydrogen-bond acceptors (Lipinski definition) is 4. The molecule has 0 aliphatic heterocycles. The maximum atomic E-state index is 12.9. The molecule has 0 aliphatic carbocycles. The van der Waals surface area contributed by atoms with Gasteiger partial charge in [-0.1, -0.05) is 24.6 Å². The van der Waals surface area contributed by atoms with Gasteiger partial charge in [0.15, 0.2) is 4.91 Å². The minimum atomic E-state index is -4.09. The molecule has 3 aromatic rings. The topological polar surface area (TPSA) is 91.5 Å². The van der Waals surface area contributed by atoms with Crippen molar-refractivity contribution in [3.8, 4) is 6.07 Å². The molecule has 1 unspecified atom stereocenters. The Bertz CT molecular complexity index is 1230. The molecule has 6 nitrogen and oxygen atoms in total. The quantitative estimate of drug-likeness (QED) is 0.454. The largest absolute Gasteiger partial charge is 0.345 e. The van der Waals surface area contributed by atoms with E-state index in [2.05, 4.69) is 9.97 Å². The first-order valence-corrected chi connectivity index (χ1v) is 10.8. The summed E-state index contributed by atoms with van der Waals surface area (Å²) in [5.41, 5.74) is 3.00. The first-order valence-electron chi connectivity index (χ1n) is 8.51. The number of nitriles is 1. The summed E-state index contributed by atoms with van der Waals surface area (Å²) in [5.74, 6) is 0. The third-order valence-corrected chi connectivity index (χ3v) is 7.15. The first kappa shape index (κ1) is 20.5. The molecule has 0 amide bonds. The number of nitrogens with one attached hydrogen (secondary N) is 1. The summed E-state index contributed by atoms with van der Waals surface area (Å²) in [5, 5.41) is 10.2. The highest BCUT2D eigenvalue weighted by Gasteiger charge is 2.26. The molecular formula is C19H18Cl2N4O2S. The molecule has 0 saturated heterocycles. The summed E-state index contributed by atoms with van der Waals surface area (Å²) < 4.78 is 27.1. The third-order valence-electron chi connectivity index (χ3n) is 4.65. The molecular weight excluding hydrogens is 419 g/mol. The van der Waals surface area contributed by atoms with Crippen molar-refractivity contribution in [3.05, 3.63) is 51.3 Å². The van der Waals surface area contributed by atoms with Crippen molar-refractivity contribution in [3.63, 3.8) is 0 Å². The number of halogens is 2. The van der Waals surface area contributed by atoms with E-state index in [1.165, 1.54) is 23.0 Å². The van der Waals surface area contributed by atoms with Gasteiger partial charge in [0.05, 0.1) is 5.38 Å². The molecule has 1 N–H and O–H groups in total. The molecule has 1 atom stereocenters. The molecule has 2 heterocycles. The Morgan fingerprint density at radius 3 is 2.75 bits per heavy atom. The maximum absolute atomic E-state index is 12.9. The van der Waals surface area contributed by atoms with Crippen LogP contribution in [0, 0.1) is 18.3 Å². The van der Waals surface area contributed by atoms with Crippen molar-refractivity contribution < 1.29 is 8.42 Å². The number of aryl methyl sites for hydroxylation is 2. The van der Waals surface area contributed by atoms with Crippen LogP contribution in [0.25, 0.3) is 17.0 Å². The number of nitrogens with zero attached hydrogens (tertiary/aromatic N) is 3. The molecule has 0 aliphatic rings. The second kappa shape index (κ2) is 7.63. The van der Waals surface area contributed by atoms with Crippen molar-refractivity contribution >= 4 is 50.0 Å². The fourth-order valence-corrected chi connectivity index (χ4v) is 4.90. The standard InChI is InChI=1S/C19H18Cl2N4O2S/c1-4-15(20)13-5-6-16-17(11(13)2)14(18(21)24-16)9-12(10-22)28(26,27)19-23-7-8-25(19)3/h5-9,15,24H,4H2,1-3H3. The average Bonchev–Trinajstić information content (AvgIpc) is 3.22. The van der Waals surface area contributed by atoms with Gasteiger partial charge in [0.2, 0.25) is 15.0 Å². The minimum absolute atomic E-state index is 0.179. The van der Waals surface area contributed by atoms with Crippen molar-refractivity contribution in [1.82, 2.24) is 14.5 Å². The number of rotatable bonds is 5. The molecule has 1 aromatic carbocycles. The van der Waals surface area contributed by atoms with Crippen LogP contribution < -0.4 is 0 Å². The highest BCUT2D eigenvalue weighted by Crippen LogP contribution is 2.37. The number of hydrogen-bond donors (Lipinski definition) is 1. The SMILES string of the molecule is CCC(Cl)c1ccc2[nH]c(Cl)c(C=C(C#N)S(=O)(=O)c3nccn3C)c2c1C. The molecule has 3 rings (SSSR count). The van der Waals surface area contributed by atoms with Crippen molar-refractivity contribution in [2.75, 3.05) is 0 Å². The number of benzene rings is 1. The number of sulfone groups is 1. The summed E-state index contributed by atoms with van der Waals surface area (Å²) in [6, 6.07) is 5.56. The number of allylic oxidation sites excluding steroid dienone is 1. The Kier molecular flexibility index (Phi) is 5.57. The highest BCUT2D eigenvalue weighted by atomic mass is 35.5. The average molecular weight is 437 g/mol. The van der Waals surface area contributed by atoms with Gasteiger partial charge >= 0.3 is 0 Å². The van der Waals surface area contributed by atoms with Gasteiger partial charge in [0, 0.05) is 35.9 Å². The van der Waals surface area contributed by atoms with E-state index in [1.807, 2.05) is 26.0 Å². The van der Waals surface area contributed by atoms with E-state index in [4.69, 9.17) is 23.2 Å². The second-order valence-corrected chi connectivity index (χ2v) is 9.09. The number of alkyl halides is 1. The van der Waals surface area contributed by atoms with Crippen LogP contribution in [0.1, 0.15) is 35.4 Å². The van der Waals surface area contributed by atoms with Crippen LogP contribution in [0.15, 0.2) is 34.6 Å². The summed E-state index contributed by atoms with van der Waals surface area (Å²) in [7, 11) is -2.54. The number of imidazole rings is 1. The van der Waals surface area contributed by atoms with Crippen LogP contribution in [-0.4, -0.2) is 23.0 Å². The second-order valence-electron chi connectivity index (χ2n) is 6.38. The van der Waals surface area contributed by atoms with E-state index in [1.54, 1.807) is 13.1 Å². The lowest BCUT2D eigenvalue weighted by molar-refractivity contribution is 0.586. The number of aromatic amines is 1. The third kappa shape index (κ3) is 3.32. The van der Waals surface area contributed by atoms with Crippen LogP contribution in [0.3, 0.4) is 0 Å². The lowest BCUT2D eigenvalue weighted by Crippen LogP contribution is -2.09. The maximum Gasteiger partial charge on any atom is 0.250 e. The summed E-state index contributed by atoms with van der Waals surface area (Å²) in [6.07, 6.45) is 4.90. The fourth-order valence-electron chi connectivity index (χ4n) is 3.18. The summed E-state index contributed by atoms with van der Waals surface area (Å²) in [4.78, 5) is 6.46. The van der Waals surface area contributed by atoms with Crippen molar-refractivity contribution in [2.24, 2.45) is 7.05 Å². The van der Waals surface area contributed by atoms with Crippen molar-refractivity contribution in [2.45, 2.75) is 30.8 Å². The lowest BCUT2D eigenvalue weighted by Gasteiger charge is -2.12. The number of H-pyrrole nitrogens is 1. The molecule has 0 bridgehead atoms. The fraction of sp³-hybridized carbons (Fsp3) is 0.263. The Morgan fingerprint density at radius 2 is 2.18 bits per heavy atom. The van der Waals surface area contributed by atoms with Crippen LogP contribution in [-0.2, 0) is 16.9 Å². The van der Waals surface area contributed by atoms with E-state index in [9.17, 15) is 13.7 Å². The molecule has 2 aromatic heterocycles. The van der Waals surface area contributed by atoms with Crippen LogP contribution >= 0.6 is 23.2 Å². The zero-order chi connectivity index (χ0) is 20.6. The zero-order valence-corrected chi connectivity index (χ0v) is 17.8. The molecule has 0 spiro atoms. The smallest absolute Gasteiger partial charge is 0.250 e. The molecule has 0 radical (unpaired) electrons. The van der Waals surface area contributed by atoms with E-state index in [0.29, 0.717) is 5.56 Å². The molecule has 0 saturated carbocycles. The summed E-state index contributed by atoms with van der Waals surface area (Å²) >= 11 is 12.8. The predicted molar refractivity (Wildman–Crippen MR) is 111 cm³/mol. The Balaban J connectivity index is 2.27. The monoisotopic (exact) mass is 436 g/mol. The Hall–Kier alpha value is -2.27. The van der Waals surface area contributed by atoms with E-state index < -0.39 is 14.7 Å². The molecule has 9 heteroatoms. The Labute approximate surface area is 173 Å².